The van der Waals surface area contributed by atoms with Crippen molar-refractivity contribution in [2.75, 3.05) is 6.61 Å². The summed E-state index contributed by atoms with van der Waals surface area (Å²) >= 11 is 0. The number of hydrogen-bond acceptors (Lipinski definition) is 3. The molecule has 1 aromatic heterocycles. The molecule has 0 aliphatic heterocycles. The van der Waals surface area contributed by atoms with Gasteiger partial charge in [0.05, 0.1) is 18.8 Å². The van der Waals surface area contributed by atoms with Gasteiger partial charge in [-0.05, 0) is 38.0 Å². The van der Waals surface area contributed by atoms with Crippen molar-refractivity contribution in [2.24, 2.45) is 0 Å². The maximum Gasteiger partial charge on any atom is 0.220 e. The van der Waals surface area contributed by atoms with E-state index >= 15 is 0 Å². The Morgan fingerprint density at radius 1 is 1.48 bits per heavy atom. The molecule has 1 atom stereocenters. The van der Waals surface area contributed by atoms with Crippen molar-refractivity contribution in [2.45, 2.75) is 32.7 Å². The van der Waals surface area contributed by atoms with Gasteiger partial charge in [0.1, 0.15) is 5.75 Å². The van der Waals surface area contributed by atoms with Crippen LogP contribution >= 0.6 is 0 Å². The fourth-order valence-electron chi connectivity index (χ4n) is 2.02. The highest BCUT2D eigenvalue weighted by molar-refractivity contribution is 5.76. The van der Waals surface area contributed by atoms with E-state index in [-0.39, 0.29) is 11.9 Å². The highest BCUT2D eigenvalue weighted by Gasteiger charge is 2.10. The molecule has 1 amide bonds. The van der Waals surface area contributed by atoms with Crippen LogP contribution in [0.1, 0.15) is 36.9 Å². The second-order valence-corrected chi connectivity index (χ2v) is 5.09. The summed E-state index contributed by atoms with van der Waals surface area (Å²) in [5.41, 5.74) is 2.14. The van der Waals surface area contributed by atoms with E-state index in [9.17, 15) is 4.79 Å². The minimum Gasteiger partial charge on any atom is -0.494 e. The van der Waals surface area contributed by atoms with E-state index < -0.39 is 0 Å². The zero-order valence-corrected chi connectivity index (χ0v) is 12.4. The van der Waals surface area contributed by atoms with Crippen molar-refractivity contribution >= 4 is 5.91 Å². The third kappa shape index (κ3) is 4.95. The number of carbonyl (C=O) groups is 1. The second-order valence-electron chi connectivity index (χ2n) is 5.09. The summed E-state index contributed by atoms with van der Waals surface area (Å²) in [7, 11) is 0. The summed E-state index contributed by atoms with van der Waals surface area (Å²) in [6.45, 7) is 4.50. The lowest BCUT2D eigenvalue weighted by Gasteiger charge is -2.12. The van der Waals surface area contributed by atoms with Crippen LogP contribution in [0.5, 0.6) is 5.75 Å². The third-order valence-electron chi connectivity index (χ3n) is 3.20. The van der Waals surface area contributed by atoms with E-state index in [1.165, 1.54) is 5.56 Å². The predicted octanol–water partition coefficient (Wildman–Crippen LogP) is 2.75. The van der Waals surface area contributed by atoms with Gasteiger partial charge in [0.15, 0.2) is 0 Å². The van der Waals surface area contributed by atoms with Gasteiger partial charge in [-0.25, -0.2) is 0 Å². The van der Waals surface area contributed by atoms with Gasteiger partial charge in [-0.3, -0.25) is 9.89 Å². The van der Waals surface area contributed by atoms with Crippen molar-refractivity contribution in [3.63, 3.8) is 0 Å². The summed E-state index contributed by atoms with van der Waals surface area (Å²) in [5.74, 6) is 0.874. The van der Waals surface area contributed by atoms with Gasteiger partial charge < -0.3 is 10.1 Å². The molecule has 0 spiro atoms. The minimum absolute atomic E-state index is 0.0246. The number of hydrogen-bond donors (Lipinski definition) is 2. The molecule has 2 aromatic rings. The van der Waals surface area contributed by atoms with E-state index in [1.54, 1.807) is 12.4 Å². The van der Waals surface area contributed by atoms with Crippen LogP contribution in [-0.4, -0.2) is 22.7 Å². The van der Waals surface area contributed by atoms with Crippen LogP contribution in [0.3, 0.4) is 0 Å². The Bertz CT molecular complexity index is 567. The first kappa shape index (κ1) is 15.1. The standard InChI is InChI=1S/C16H21N3O2/c1-12-5-3-6-15(9-12)21-8-4-7-16(20)19-13(2)14-10-17-18-11-14/h3,5-6,9-11,13H,4,7-8H2,1-2H3,(H,17,18)(H,19,20). The Morgan fingerprint density at radius 2 is 2.33 bits per heavy atom. The van der Waals surface area contributed by atoms with E-state index in [0.29, 0.717) is 19.4 Å². The number of nitrogens with zero attached hydrogens (tertiary/aromatic N) is 1. The zero-order valence-electron chi connectivity index (χ0n) is 12.4. The zero-order chi connectivity index (χ0) is 15.1. The van der Waals surface area contributed by atoms with Gasteiger partial charge in [0, 0.05) is 18.2 Å². The van der Waals surface area contributed by atoms with Crippen molar-refractivity contribution in [3.8, 4) is 5.75 Å². The van der Waals surface area contributed by atoms with Crippen molar-refractivity contribution in [1.82, 2.24) is 15.5 Å². The molecule has 0 aliphatic carbocycles. The van der Waals surface area contributed by atoms with Gasteiger partial charge in [-0.15, -0.1) is 0 Å². The lowest BCUT2D eigenvalue weighted by atomic mass is 10.2. The van der Waals surface area contributed by atoms with Crippen LogP contribution in [0, 0.1) is 6.92 Å². The van der Waals surface area contributed by atoms with E-state index in [1.807, 2.05) is 38.1 Å². The number of rotatable bonds is 7. The summed E-state index contributed by atoms with van der Waals surface area (Å²) in [5, 5.41) is 9.54. The molecule has 0 saturated heterocycles. The lowest BCUT2D eigenvalue weighted by molar-refractivity contribution is -0.121. The maximum atomic E-state index is 11.8. The molecule has 1 unspecified atom stereocenters. The fourth-order valence-corrected chi connectivity index (χ4v) is 2.02. The van der Waals surface area contributed by atoms with Gasteiger partial charge >= 0.3 is 0 Å². The maximum absolute atomic E-state index is 11.8. The summed E-state index contributed by atoms with van der Waals surface area (Å²) < 4.78 is 5.62. The fraction of sp³-hybridized carbons (Fsp3) is 0.375. The van der Waals surface area contributed by atoms with Crippen molar-refractivity contribution < 1.29 is 9.53 Å². The molecule has 2 N–H and O–H groups in total. The topological polar surface area (TPSA) is 67.0 Å². The van der Waals surface area contributed by atoms with Gasteiger partial charge in [0.2, 0.25) is 5.91 Å². The minimum atomic E-state index is -0.0334. The summed E-state index contributed by atoms with van der Waals surface area (Å²) in [4.78, 5) is 11.8. The lowest BCUT2D eigenvalue weighted by Crippen LogP contribution is -2.26. The number of nitrogens with one attached hydrogen (secondary N) is 2. The number of ether oxygens (including phenoxy) is 1. The average Bonchev–Trinajstić information content (AvgIpc) is 2.98. The molecule has 5 nitrogen and oxygen atoms in total. The van der Waals surface area contributed by atoms with Crippen molar-refractivity contribution in [3.05, 3.63) is 47.8 Å². The first-order valence-electron chi connectivity index (χ1n) is 7.12. The van der Waals surface area contributed by atoms with E-state index in [4.69, 9.17) is 4.74 Å². The SMILES string of the molecule is Cc1cccc(OCCCC(=O)NC(C)c2cn[nH]c2)c1. The Hall–Kier alpha value is -2.30. The first-order chi connectivity index (χ1) is 10.1. The van der Waals surface area contributed by atoms with Crippen molar-refractivity contribution in [1.29, 1.82) is 0 Å². The Morgan fingerprint density at radius 3 is 3.05 bits per heavy atom. The Kier molecular flexibility index (Phi) is 5.37. The Labute approximate surface area is 124 Å². The highest BCUT2D eigenvalue weighted by atomic mass is 16.5. The molecule has 2 rings (SSSR count). The largest absolute Gasteiger partial charge is 0.494 e. The molecule has 0 radical (unpaired) electrons. The molecule has 0 bridgehead atoms. The highest BCUT2D eigenvalue weighted by Crippen LogP contribution is 2.13. The van der Waals surface area contributed by atoms with Crippen LogP contribution in [-0.2, 0) is 4.79 Å². The molecule has 112 valence electrons. The molecular weight excluding hydrogens is 266 g/mol. The quantitative estimate of drug-likeness (QED) is 0.769. The van der Waals surface area contributed by atoms with E-state index in [0.717, 1.165) is 11.3 Å². The monoisotopic (exact) mass is 287 g/mol. The number of benzene rings is 1. The number of aromatic amines is 1. The van der Waals surface area contributed by atoms with Crippen LogP contribution in [0.25, 0.3) is 0 Å². The molecular formula is C16H21N3O2. The van der Waals surface area contributed by atoms with E-state index in [2.05, 4.69) is 15.5 Å². The molecule has 0 aliphatic rings. The second kappa shape index (κ2) is 7.47. The number of aryl methyl sites for hydroxylation is 1. The van der Waals surface area contributed by atoms with Crippen LogP contribution in [0.2, 0.25) is 0 Å². The predicted molar refractivity (Wildman–Crippen MR) is 81.1 cm³/mol. The van der Waals surface area contributed by atoms with Crippen LogP contribution < -0.4 is 10.1 Å². The summed E-state index contributed by atoms with van der Waals surface area (Å²) in [6, 6.07) is 7.87. The number of carbonyl (C=O) groups excluding carboxylic acids is 1. The van der Waals surface area contributed by atoms with Gasteiger partial charge in [0.25, 0.3) is 0 Å². The molecule has 5 heteroatoms. The smallest absolute Gasteiger partial charge is 0.220 e. The number of aromatic nitrogens is 2. The number of H-pyrrole nitrogens is 1. The average molecular weight is 287 g/mol. The summed E-state index contributed by atoms with van der Waals surface area (Å²) in [6.07, 6.45) is 4.64. The van der Waals surface area contributed by atoms with Gasteiger partial charge in [-0.2, -0.15) is 5.10 Å². The first-order valence-corrected chi connectivity index (χ1v) is 7.12. The normalized spacial score (nSPS) is 11.9. The molecule has 1 heterocycles. The molecule has 0 saturated carbocycles. The van der Waals surface area contributed by atoms with Crippen LogP contribution in [0.4, 0.5) is 0 Å². The third-order valence-corrected chi connectivity index (χ3v) is 3.20. The number of amides is 1. The molecule has 1 aromatic carbocycles. The molecule has 0 fully saturated rings. The van der Waals surface area contributed by atoms with Gasteiger partial charge in [-0.1, -0.05) is 12.1 Å². The Balaban J connectivity index is 1.65. The molecule has 21 heavy (non-hydrogen) atoms. The van der Waals surface area contributed by atoms with Crippen LogP contribution in [0.15, 0.2) is 36.7 Å².